The van der Waals surface area contributed by atoms with Gasteiger partial charge in [-0.2, -0.15) is 0 Å². The average Bonchev–Trinajstić information content (AvgIpc) is 2.34. The molecule has 3 nitrogen and oxygen atoms in total. The molecule has 2 saturated heterocycles. The van der Waals surface area contributed by atoms with Crippen molar-refractivity contribution in [3.63, 3.8) is 0 Å². The Morgan fingerprint density at radius 3 is 2.47 bits per heavy atom. The van der Waals surface area contributed by atoms with Crippen molar-refractivity contribution in [1.82, 2.24) is 10.2 Å². The van der Waals surface area contributed by atoms with Gasteiger partial charge in [-0.25, -0.2) is 0 Å². The third-order valence-electron chi connectivity index (χ3n) is 4.14. The minimum atomic E-state index is -0.0421. The molecule has 3 heteroatoms. The number of hydrogen-bond donors (Lipinski definition) is 1. The topological polar surface area (TPSA) is 24.5 Å². The first-order valence-electron chi connectivity index (χ1n) is 6.93. The van der Waals surface area contributed by atoms with Gasteiger partial charge in [-0.3, -0.25) is 0 Å². The van der Waals surface area contributed by atoms with Gasteiger partial charge in [0, 0.05) is 18.6 Å². The zero-order valence-electron chi connectivity index (χ0n) is 12.0. The predicted molar refractivity (Wildman–Crippen MR) is 71.3 cm³/mol. The molecule has 0 radical (unpaired) electrons. The monoisotopic (exact) mass is 240 g/mol. The van der Waals surface area contributed by atoms with Crippen LogP contribution in [0.4, 0.5) is 0 Å². The summed E-state index contributed by atoms with van der Waals surface area (Å²) in [4.78, 5) is 2.43. The molecule has 0 spiro atoms. The van der Waals surface area contributed by atoms with Crippen molar-refractivity contribution in [2.75, 3.05) is 20.1 Å². The first-order valence-corrected chi connectivity index (χ1v) is 6.93. The number of hydrogen-bond acceptors (Lipinski definition) is 3. The van der Waals surface area contributed by atoms with E-state index in [0.717, 1.165) is 6.42 Å². The molecule has 1 N–H and O–H groups in total. The molecule has 0 aromatic carbocycles. The van der Waals surface area contributed by atoms with Gasteiger partial charge in [0.05, 0.1) is 11.2 Å². The molecule has 0 saturated carbocycles. The molecule has 0 aromatic heterocycles. The minimum absolute atomic E-state index is 0.0156. The Kier molecular flexibility index (Phi) is 3.54. The van der Waals surface area contributed by atoms with E-state index in [-0.39, 0.29) is 11.2 Å². The van der Waals surface area contributed by atoms with Gasteiger partial charge >= 0.3 is 0 Å². The molecule has 100 valence electrons. The first kappa shape index (κ1) is 13.3. The third-order valence-corrected chi connectivity index (χ3v) is 4.14. The first-order chi connectivity index (χ1) is 7.78. The van der Waals surface area contributed by atoms with Gasteiger partial charge in [0.1, 0.15) is 0 Å². The summed E-state index contributed by atoms with van der Waals surface area (Å²) >= 11 is 0. The Morgan fingerprint density at radius 1 is 1.24 bits per heavy atom. The van der Waals surface area contributed by atoms with Crippen molar-refractivity contribution in [3.8, 4) is 0 Å². The number of nitrogens with zero attached hydrogens (tertiary/aromatic N) is 1. The highest BCUT2D eigenvalue weighted by Gasteiger charge is 2.46. The maximum absolute atomic E-state index is 6.14. The van der Waals surface area contributed by atoms with Crippen LogP contribution in [0.3, 0.4) is 0 Å². The number of nitrogens with one attached hydrogen (secondary N) is 1. The van der Waals surface area contributed by atoms with Crippen LogP contribution >= 0.6 is 0 Å². The number of likely N-dealkylation sites (N-methyl/N-ethyl adjacent to an activating group) is 1. The van der Waals surface area contributed by atoms with Crippen LogP contribution in [-0.4, -0.2) is 48.3 Å². The normalized spacial score (nSPS) is 37.2. The molecule has 2 unspecified atom stereocenters. The number of rotatable bonds is 2. The predicted octanol–water partition coefficient (Wildman–Crippen LogP) is 2.02. The number of piperidine rings is 1. The summed E-state index contributed by atoms with van der Waals surface area (Å²) in [7, 11) is 2.22. The second-order valence-electron chi connectivity index (χ2n) is 6.99. The zero-order valence-corrected chi connectivity index (χ0v) is 12.0. The fourth-order valence-corrected chi connectivity index (χ4v) is 3.41. The molecule has 2 atom stereocenters. The molecular weight excluding hydrogens is 212 g/mol. The highest BCUT2D eigenvalue weighted by atomic mass is 16.5. The molecule has 17 heavy (non-hydrogen) atoms. The summed E-state index contributed by atoms with van der Waals surface area (Å²) in [5.41, 5.74) is -0.0265. The van der Waals surface area contributed by atoms with Crippen molar-refractivity contribution < 1.29 is 4.74 Å². The van der Waals surface area contributed by atoms with Gasteiger partial charge in [0.2, 0.25) is 0 Å². The Balaban J connectivity index is 1.94. The largest absolute Gasteiger partial charge is 0.368 e. The summed E-state index contributed by atoms with van der Waals surface area (Å²) < 4.78 is 6.14. The van der Waals surface area contributed by atoms with Crippen LogP contribution in [0, 0.1) is 0 Å². The lowest BCUT2D eigenvalue weighted by Crippen LogP contribution is -2.53. The standard InChI is InChI=1S/C14H28N2O/c1-13(2)9-12(14(3,4)17-13)15-11-7-6-8-16(5)10-11/h11-12,15H,6-10H2,1-5H3. The van der Waals surface area contributed by atoms with E-state index < -0.39 is 0 Å². The molecule has 2 aliphatic heterocycles. The van der Waals surface area contributed by atoms with Gasteiger partial charge in [-0.1, -0.05) is 0 Å². The van der Waals surface area contributed by atoms with Gasteiger partial charge in [0.15, 0.2) is 0 Å². The Hall–Kier alpha value is -0.120. The molecule has 0 amide bonds. The van der Waals surface area contributed by atoms with Crippen LogP contribution in [0.1, 0.15) is 47.0 Å². The van der Waals surface area contributed by atoms with Crippen LogP contribution in [0.25, 0.3) is 0 Å². The molecule has 0 aromatic rings. The van der Waals surface area contributed by atoms with E-state index in [4.69, 9.17) is 4.74 Å². The van der Waals surface area contributed by atoms with Crippen molar-refractivity contribution in [2.24, 2.45) is 0 Å². The van der Waals surface area contributed by atoms with Crippen LogP contribution in [0.5, 0.6) is 0 Å². The van der Waals surface area contributed by atoms with E-state index in [0.29, 0.717) is 12.1 Å². The molecule has 2 rings (SSSR count). The SMILES string of the molecule is CN1CCCC(NC2CC(C)(C)OC2(C)C)C1. The van der Waals surface area contributed by atoms with E-state index in [9.17, 15) is 0 Å². The lowest BCUT2D eigenvalue weighted by Gasteiger charge is -2.35. The van der Waals surface area contributed by atoms with Gasteiger partial charge in [-0.05, 0) is 60.5 Å². The molecule has 2 heterocycles. The van der Waals surface area contributed by atoms with Crippen LogP contribution in [0.15, 0.2) is 0 Å². The molecule has 2 fully saturated rings. The number of ether oxygens (including phenoxy) is 1. The van der Waals surface area contributed by atoms with Crippen LogP contribution in [-0.2, 0) is 4.74 Å². The summed E-state index contributed by atoms with van der Waals surface area (Å²) in [5.74, 6) is 0. The third kappa shape index (κ3) is 3.21. The highest BCUT2D eigenvalue weighted by Crippen LogP contribution is 2.37. The molecule has 2 aliphatic rings. The Labute approximate surface area is 106 Å². The lowest BCUT2D eigenvalue weighted by atomic mass is 9.92. The molecular formula is C14H28N2O. The van der Waals surface area contributed by atoms with Gasteiger partial charge < -0.3 is 15.0 Å². The van der Waals surface area contributed by atoms with E-state index in [1.54, 1.807) is 0 Å². The minimum Gasteiger partial charge on any atom is -0.368 e. The van der Waals surface area contributed by atoms with E-state index in [1.165, 1.54) is 25.9 Å². The molecule has 0 aliphatic carbocycles. The average molecular weight is 240 g/mol. The van der Waals surface area contributed by atoms with E-state index in [2.05, 4.69) is 45.0 Å². The van der Waals surface area contributed by atoms with Crippen molar-refractivity contribution in [3.05, 3.63) is 0 Å². The smallest absolute Gasteiger partial charge is 0.0787 e. The highest BCUT2D eigenvalue weighted by molar-refractivity contribution is 5.00. The van der Waals surface area contributed by atoms with Crippen molar-refractivity contribution in [1.29, 1.82) is 0 Å². The van der Waals surface area contributed by atoms with Gasteiger partial charge in [0.25, 0.3) is 0 Å². The van der Waals surface area contributed by atoms with E-state index in [1.807, 2.05) is 0 Å². The van der Waals surface area contributed by atoms with Crippen molar-refractivity contribution in [2.45, 2.75) is 70.2 Å². The second-order valence-corrected chi connectivity index (χ2v) is 6.99. The summed E-state index contributed by atoms with van der Waals surface area (Å²) in [6.45, 7) is 11.2. The van der Waals surface area contributed by atoms with E-state index >= 15 is 0 Å². The second kappa shape index (κ2) is 4.52. The Morgan fingerprint density at radius 2 is 1.94 bits per heavy atom. The summed E-state index contributed by atoms with van der Waals surface area (Å²) in [6.07, 6.45) is 3.73. The summed E-state index contributed by atoms with van der Waals surface area (Å²) in [5, 5.41) is 3.83. The maximum Gasteiger partial charge on any atom is 0.0787 e. The van der Waals surface area contributed by atoms with Crippen LogP contribution < -0.4 is 5.32 Å². The zero-order chi connectivity index (χ0) is 12.7. The fourth-order valence-electron chi connectivity index (χ4n) is 3.41. The number of likely N-dealkylation sites (tertiary alicyclic amines) is 1. The Bertz CT molecular complexity index is 275. The lowest BCUT2D eigenvalue weighted by molar-refractivity contribution is -0.0708. The van der Waals surface area contributed by atoms with Gasteiger partial charge in [-0.15, -0.1) is 0 Å². The maximum atomic E-state index is 6.14. The van der Waals surface area contributed by atoms with Crippen molar-refractivity contribution >= 4 is 0 Å². The van der Waals surface area contributed by atoms with Crippen LogP contribution in [0.2, 0.25) is 0 Å². The fraction of sp³-hybridized carbons (Fsp3) is 1.00. The quantitative estimate of drug-likeness (QED) is 0.799. The summed E-state index contributed by atoms with van der Waals surface area (Å²) in [6, 6.07) is 1.12. The molecule has 0 bridgehead atoms.